The summed E-state index contributed by atoms with van der Waals surface area (Å²) < 4.78 is 5.38. The summed E-state index contributed by atoms with van der Waals surface area (Å²) in [4.78, 5) is 8.45. The van der Waals surface area contributed by atoms with Crippen LogP contribution in [0.5, 0.6) is 5.75 Å². The van der Waals surface area contributed by atoms with Gasteiger partial charge in [0.05, 0.1) is 11.2 Å². The van der Waals surface area contributed by atoms with E-state index >= 15 is 0 Å². The predicted molar refractivity (Wildman–Crippen MR) is 76.6 cm³/mol. The van der Waals surface area contributed by atoms with Crippen molar-refractivity contribution in [3.63, 3.8) is 0 Å². The van der Waals surface area contributed by atoms with Crippen LogP contribution in [0.3, 0.4) is 0 Å². The van der Waals surface area contributed by atoms with E-state index in [0.29, 0.717) is 22.8 Å². The third-order valence-electron chi connectivity index (χ3n) is 2.74. The molecular weight excluding hydrogens is 294 g/mol. The first kappa shape index (κ1) is 13.3. The Kier molecular flexibility index (Phi) is 3.19. The quantitative estimate of drug-likeness (QED) is 0.747. The lowest BCUT2D eigenvalue weighted by Gasteiger charge is -2.07. The minimum atomic E-state index is -0.0148. The van der Waals surface area contributed by atoms with Gasteiger partial charge in [0.1, 0.15) is 17.3 Å². The van der Waals surface area contributed by atoms with Crippen molar-refractivity contribution in [3.05, 3.63) is 35.3 Å². The Bertz CT molecular complexity index is 818. The number of aromatic nitrogens is 4. The van der Waals surface area contributed by atoms with E-state index in [4.69, 9.17) is 21.8 Å². The highest BCUT2D eigenvalue weighted by Gasteiger charge is 2.17. The largest absolute Gasteiger partial charge is 0.506 e. The molecule has 0 unspecified atom stereocenters. The van der Waals surface area contributed by atoms with E-state index in [9.17, 15) is 5.11 Å². The van der Waals surface area contributed by atoms with Crippen molar-refractivity contribution < 1.29 is 9.52 Å². The van der Waals surface area contributed by atoms with E-state index in [0.717, 1.165) is 0 Å². The number of phenolic OH excluding ortho intramolecular Hbond substituents is 1. The minimum absolute atomic E-state index is 0.0148. The second kappa shape index (κ2) is 5.02. The molecule has 3 rings (SSSR count). The normalized spacial score (nSPS) is 10.8. The number of hydrogen-bond donors (Lipinski definition) is 2. The summed E-state index contributed by atoms with van der Waals surface area (Å²) in [5, 5.41) is 17.4. The fourth-order valence-corrected chi connectivity index (χ4v) is 1.99. The fraction of sp³-hybridized carbons (Fsp3) is 0.0769. The number of anilines is 1. The average molecular weight is 304 g/mol. The predicted octanol–water partition coefficient (Wildman–Crippen LogP) is 2.44. The topological polar surface area (TPSA) is 111 Å². The van der Waals surface area contributed by atoms with Crippen LogP contribution in [0, 0.1) is 6.92 Å². The number of nitrogens with two attached hydrogens (primary N) is 1. The van der Waals surface area contributed by atoms with Gasteiger partial charge in [-0.05, 0) is 18.2 Å². The molecule has 0 saturated carbocycles. The van der Waals surface area contributed by atoms with Crippen LogP contribution in [0.4, 0.5) is 5.82 Å². The highest BCUT2D eigenvalue weighted by Crippen LogP contribution is 2.33. The van der Waals surface area contributed by atoms with Crippen molar-refractivity contribution in [1.29, 1.82) is 0 Å². The molecule has 7 nitrogen and oxygen atoms in total. The molecule has 21 heavy (non-hydrogen) atoms. The monoisotopic (exact) mass is 303 g/mol. The Morgan fingerprint density at radius 2 is 2.05 bits per heavy atom. The van der Waals surface area contributed by atoms with Crippen LogP contribution >= 0.6 is 11.6 Å². The lowest BCUT2D eigenvalue weighted by atomic mass is 10.1. The molecule has 0 aliphatic carbocycles. The van der Waals surface area contributed by atoms with Crippen LogP contribution in [0.1, 0.15) is 5.89 Å². The summed E-state index contributed by atoms with van der Waals surface area (Å²) in [5.41, 5.74) is 7.16. The SMILES string of the molecule is Cc1nnc(-c2nc(N)cnc2-c2ccc(O)c(Cl)c2)o1. The average Bonchev–Trinajstić information content (AvgIpc) is 2.88. The summed E-state index contributed by atoms with van der Waals surface area (Å²) in [6.45, 7) is 1.67. The van der Waals surface area contributed by atoms with Gasteiger partial charge < -0.3 is 15.3 Å². The molecule has 8 heteroatoms. The van der Waals surface area contributed by atoms with Crippen molar-refractivity contribution in [1.82, 2.24) is 20.2 Å². The fourth-order valence-electron chi connectivity index (χ4n) is 1.81. The molecule has 0 atom stereocenters. The lowest BCUT2D eigenvalue weighted by Crippen LogP contribution is -1.98. The van der Waals surface area contributed by atoms with Crippen LogP contribution < -0.4 is 5.73 Å². The van der Waals surface area contributed by atoms with Gasteiger partial charge in [-0.15, -0.1) is 10.2 Å². The summed E-state index contributed by atoms with van der Waals surface area (Å²) in [6, 6.07) is 4.70. The van der Waals surface area contributed by atoms with Crippen molar-refractivity contribution in [2.45, 2.75) is 6.92 Å². The van der Waals surface area contributed by atoms with E-state index in [1.165, 1.54) is 12.3 Å². The van der Waals surface area contributed by atoms with Gasteiger partial charge in [0.15, 0.2) is 5.69 Å². The Balaban J connectivity index is 2.20. The number of benzene rings is 1. The maximum absolute atomic E-state index is 9.50. The van der Waals surface area contributed by atoms with Crippen LogP contribution in [-0.2, 0) is 0 Å². The van der Waals surface area contributed by atoms with E-state index in [-0.39, 0.29) is 22.5 Å². The van der Waals surface area contributed by atoms with Crippen LogP contribution in [0.25, 0.3) is 22.8 Å². The van der Waals surface area contributed by atoms with Gasteiger partial charge in [0, 0.05) is 12.5 Å². The molecule has 2 aromatic heterocycles. The molecule has 0 bridgehead atoms. The first-order chi connectivity index (χ1) is 10.0. The molecule has 0 spiro atoms. The molecule has 0 saturated heterocycles. The zero-order valence-electron chi connectivity index (χ0n) is 10.9. The molecular formula is C13H10ClN5O2. The Morgan fingerprint density at radius 3 is 2.71 bits per heavy atom. The molecule has 0 amide bonds. The molecule has 3 aromatic rings. The highest BCUT2D eigenvalue weighted by molar-refractivity contribution is 6.32. The zero-order valence-corrected chi connectivity index (χ0v) is 11.7. The van der Waals surface area contributed by atoms with Gasteiger partial charge in [0.25, 0.3) is 5.89 Å². The van der Waals surface area contributed by atoms with Gasteiger partial charge in [-0.1, -0.05) is 11.6 Å². The number of halogens is 1. The van der Waals surface area contributed by atoms with Crippen molar-refractivity contribution in [2.24, 2.45) is 0 Å². The molecule has 2 heterocycles. The third kappa shape index (κ3) is 2.50. The Morgan fingerprint density at radius 1 is 1.24 bits per heavy atom. The number of hydrogen-bond acceptors (Lipinski definition) is 7. The molecule has 106 valence electrons. The minimum Gasteiger partial charge on any atom is -0.506 e. The van der Waals surface area contributed by atoms with E-state index in [1.54, 1.807) is 19.1 Å². The summed E-state index contributed by atoms with van der Waals surface area (Å²) in [5.74, 6) is 0.837. The number of nitrogen functional groups attached to an aromatic ring is 1. The maximum Gasteiger partial charge on any atom is 0.268 e. The van der Waals surface area contributed by atoms with Crippen molar-refractivity contribution >= 4 is 17.4 Å². The molecule has 0 radical (unpaired) electrons. The van der Waals surface area contributed by atoms with Gasteiger partial charge in [-0.2, -0.15) is 0 Å². The molecule has 0 aliphatic rings. The third-order valence-corrected chi connectivity index (χ3v) is 3.04. The zero-order chi connectivity index (χ0) is 15.0. The molecule has 1 aromatic carbocycles. The van der Waals surface area contributed by atoms with Crippen molar-refractivity contribution in [3.8, 4) is 28.6 Å². The smallest absolute Gasteiger partial charge is 0.268 e. The van der Waals surface area contributed by atoms with E-state index in [2.05, 4.69) is 20.2 Å². The maximum atomic E-state index is 9.50. The Hall–Kier alpha value is -2.67. The highest BCUT2D eigenvalue weighted by atomic mass is 35.5. The molecule has 0 aliphatic heterocycles. The van der Waals surface area contributed by atoms with E-state index in [1.807, 2.05) is 0 Å². The second-order valence-corrected chi connectivity index (χ2v) is 4.69. The lowest BCUT2D eigenvalue weighted by molar-refractivity contribution is 0.475. The van der Waals surface area contributed by atoms with Gasteiger partial charge in [-0.25, -0.2) is 9.97 Å². The first-order valence-corrected chi connectivity index (χ1v) is 6.34. The van der Waals surface area contributed by atoms with E-state index < -0.39 is 0 Å². The van der Waals surface area contributed by atoms with Gasteiger partial charge in [-0.3, -0.25) is 0 Å². The summed E-state index contributed by atoms with van der Waals surface area (Å²) in [7, 11) is 0. The molecule has 3 N–H and O–H groups in total. The van der Waals surface area contributed by atoms with Crippen LogP contribution in [0.15, 0.2) is 28.8 Å². The second-order valence-electron chi connectivity index (χ2n) is 4.28. The number of phenols is 1. The number of nitrogens with zero attached hydrogens (tertiary/aromatic N) is 4. The van der Waals surface area contributed by atoms with Crippen molar-refractivity contribution in [2.75, 3.05) is 5.73 Å². The Labute approximate surface area is 124 Å². The number of aryl methyl sites for hydroxylation is 1. The molecule has 0 fully saturated rings. The number of rotatable bonds is 2. The van der Waals surface area contributed by atoms with Crippen LogP contribution in [-0.4, -0.2) is 25.3 Å². The number of aromatic hydroxyl groups is 1. The summed E-state index contributed by atoms with van der Waals surface area (Å²) in [6.07, 6.45) is 1.42. The van der Waals surface area contributed by atoms with Gasteiger partial charge in [0.2, 0.25) is 5.89 Å². The standard InChI is InChI=1S/C13H10ClN5O2/c1-6-18-19-13(21-6)12-11(16-5-10(15)17-12)7-2-3-9(20)8(14)4-7/h2-5,20H,1H3,(H2,15,17). The van der Waals surface area contributed by atoms with Crippen LogP contribution in [0.2, 0.25) is 5.02 Å². The first-order valence-electron chi connectivity index (χ1n) is 5.96. The summed E-state index contributed by atoms with van der Waals surface area (Å²) >= 11 is 5.92. The van der Waals surface area contributed by atoms with Gasteiger partial charge >= 0.3 is 0 Å².